The van der Waals surface area contributed by atoms with Crippen LogP contribution in [0.2, 0.25) is 0 Å². The van der Waals surface area contributed by atoms with Crippen LogP contribution in [0.4, 0.5) is 4.39 Å². The van der Waals surface area contributed by atoms with Crippen LogP contribution in [0.1, 0.15) is 63.0 Å². The number of carbonyl (C=O) groups is 1. The van der Waals surface area contributed by atoms with Crippen LogP contribution in [0.3, 0.4) is 0 Å². The molecule has 3 atom stereocenters. The highest BCUT2D eigenvalue weighted by molar-refractivity contribution is 7.99. The molecule has 1 aliphatic carbocycles. The number of thioether (sulfide) groups is 1. The molecule has 2 aliphatic rings. The molecule has 0 bridgehead atoms. The largest absolute Gasteiger partial charge is 0.497 e. The van der Waals surface area contributed by atoms with Crippen molar-refractivity contribution in [3.8, 4) is 5.75 Å². The molecular formula is C27H37FN2O4S. The van der Waals surface area contributed by atoms with E-state index >= 15 is 0 Å². The third-order valence-corrected chi connectivity index (χ3v) is 9.04. The number of aliphatic carboxylic acids is 1. The number of hydrogen-bond donors (Lipinski definition) is 2. The summed E-state index contributed by atoms with van der Waals surface area (Å²) in [7, 11) is 1.54. The number of ether oxygens (including phenoxy) is 1. The molecule has 2 N–H and O–H groups in total. The maximum absolute atomic E-state index is 14.7. The summed E-state index contributed by atoms with van der Waals surface area (Å²) in [4.78, 5) is 18.5. The molecule has 2 aromatic rings. The van der Waals surface area contributed by atoms with Gasteiger partial charge in [-0.25, -0.2) is 4.39 Å². The average molecular weight is 505 g/mol. The Balaban J connectivity index is 1.34. The van der Waals surface area contributed by atoms with E-state index in [0.717, 1.165) is 36.7 Å². The van der Waals surface area contributed by atoms with Crippen molar-refractivity contribution in [3.05, 3.63) is 35.8 Å². The monoisotopic (exact) mass is 504 g/mol. The minimum Gasteiger partial charge on any atom is -0.497 e. The summed E-state index contributed by atoms with van der Waals surface area (Å²) < 4.78 is 20.0. The zero-order valence-electron chi connectivity index (χ0n) is 20.5. The molecule has 1 aromatic carbocycles. The second-order valence-electron chi connectivity index (χ2n) is 9.92. The van der Waals surface area contributed by atoms with Crippen molar-refractivity contribution >= 4 is 28.6 Å². The number of hydrogen-bond acceptors (Lipinski definition) is 6. The summed E-state index contributed by atoms with van der Waals surface area (Å²) in [5, 5.41) is 22.1. The zero-order chi connectivity index (χ0) is 24.8. The van der Waals surface area contributed by atoms with Crippen molar-refractivity contribution in [1.82, 2.24) is 9.88 Å². The van der Waals surface area contributed by atoms with Gasteiger partial charge in [-0.05, 0) is 62.8 Å². The number of pyridine rings is 1. The van der Waals surface area contributed by atoms with Crippen molar-refractivity contribution < 1.29 is 24.1 Å². The van der Waals surface area contributed by atoms with Crippen molar-refractivity contribution in [2.24, 2.45) is 11.8 Å². The number of methoxy groups -OCH3 is 1. The van der Waals surface area contributed by atoms with Gasteiger partial charge in [0.05, 0.1) is 30.8 Å². The van der Waals surface area contributed by atoms with Gasteiger partial charge in [0.15, 0.2) is 0 Å². The molecule has 1 aromatic heterocycles. The van der Waals surface area contributed by atoms with Gasteiger partial charge in [-0.1, -0.05) is 19.3 Å². The van der Waals surface area contributed by atoms with E-state index in [4.69, 9.17) is 4.74 Å². The van der Waals surface area contributed by atoms with Crippen LogP contribution in [-0.2, 0) is 4.79 Å². The summed E-state index contributed by atoms with van der Waals surface area (Å²) >= 11 is 2.05. The van der Waals surface area contributed by atoms with E-state index in [1.807, 2.05) is 11.8 Å². The van der Waals surface area contributed by atoms with Crippen LogP contribution >= 0.6 is 11.8 Å². The molecule has 192 valence electrons. The highest BCUT2D eigenvalue weighted by Gasteiger charge is 2.34. The van der Waals surface area contributed by atoms with Crippen molar-refractivity contribution in [1.29, 1.82) is 0 Å². The van der Waals surface area contributed by atoms with E-state index in [-0.39, 0.29) is 11.5 Å². The Morgan fingerprint density at radius 1 is 1.29 bits per heavy atom. The first-order chi connectivity index (χ1) is 17.0. The highest BCUT2D eigenvalue weighted by atomic mass is 32.2. The van der Waals surface area contributed by atoms with Crippen molar-refractivity contribution in [3.63, 3.8) is 0 Å². The predicted octanol–water partition coefficient (Wildman–Crippen LogP) is 5.28. The van der Waals surface area contributed by atoms with Gasteiger partial charge in [0.1, 0.15) is 11.6 Å². The first-order valence-electron chi connectivity index (χ1n) is 12.8. The standard InChI is InChI=1S/C27H37FN2O4S/c1-34-19-8-9-24-21(15-19)26(23(28)16-29-24)25(31)10-7-18-11-12-30(17-22(18)27(32)33)13-14-35-20-5-3-2-4-6-20/h8-9,15-16,18,20,22,25,31H,2-7,10-14,17H2,1H3,(H,32,33). The lowest BCUT2D eigenvalue weighted by Gasteiger charge is -2.37. The number of fused-ring (bicyclic) bond motifs is 1. The maximum atomic E-state index is 14.7. The molecule has 0 radical (unpaired) electrons. The van der Waals surface area contributed by atoms with Crippen LogP contribution in [0.25, 0.3) is 10.9 Å². The fourth-order valence-corrected chi connectivity index (χ4v) is 6.99. The number of aliphatic hydroxyl groups excluding tert-OH is 1. The summed E-state index contributed by atoms with van der Waals surface area (Å²) in [5.74, 6) is -0.209. The molecule has 35 heavy (non-hydrogen) atoms. The normalized spacial score (nSPS) is 22.8. The minimum absolute atomic E-state index is 0.0323. The molecule has 0 amide bonds. The van der Waals surface area contributed by atoms with Crippen LogP contribution in [-0.4, -0.2) is 63.8 Å². The van der Waals surface area contributed by atoms with E-state index in [1.165, 1.54) is 39.2 Å². The van der Waals surface area contributed by atoms with Crippen molar-refractivity contribution in [2.45, 2.75) is 62.7 Å². The number of aliphatic hydroxyl groups is 1. The van der Waals surface area contributed by atoms with Gasteiger partial charge >= 0.3 is 5.97 Å². The third kappa shape index (κ3) is 6.66. The maximum Gasteiger partial charge on any atom is 0.308 e. The number of nitrogens with zero attached hydrogens (tertiary/aromatic N) is 2. The molecule has 4 rings (SSSR count). The molecule has 8 heteroatoms. The SMILES string of the molecule is COc1ccc2ncc(F)c(C(O)CCC3CCN(CCSC4CCCCC4)CC3C(=O)O)c2c1. The van der Waals surface area contributed by atoms with Crippen LogP contribution in [0.5, 0.6) is 5.75 Å². The van der Waals surface area contributed by atoms with Gasteiger partial charge in [-0.3, -0.25) is 9.78 Å². The lowest BCUT2D eigenvalue weighted by molar-refractivity contribution is -0.146. The lowest BCUT2D eigenvalue weighted by atomic mass is 9.81. The Morgan fingerprint density at radius 3 is 2.83 bits per heavy atom. The van der Waals surface area contributed by atoms with Crippen LogP contribution in [0.15, 0.2) is 24.4 Å². The Bertz CT molecular complexity index is 1000. The number of aromatic nitrogens is 1. The van der Waals surface area contributed by atoms with Gasteiger partial charge in [0.2, 0.25) is 0 Å². The molecular weight excluding hydrogens is 467 g/mol. The van der Waals surface area contributed by atoms with Crippen molar-refractivity contribution in [2.75, 3.05) is 32.5 Å². The molecule has 6 nitrogen and oxygen atoms in total. The number of rotatable bonds is 10. The van der Waals surface area contributed by atoms with Gasteiger partial charge < -0.3 is 19.8 Å². The highest BCUT2D eigenvalue weighted by Crippen LogP contribution is 2.35. The Morgan fingerprint density at radius 2 is 2.09 bits per heavy atom. The summed E-state index contributed by atoms with van der Waals surface area (Å²) in [6.45, 7) is 2.35. The fourth-order valence-electron chi connectivity index (χ4n) is 5.63. The topological polar surface area (TPSA) is 82.9 Å². The minimum atomic E-state index is -1.04. The smallest absolute Gasteiger partial charge is 0.308 e. The van der Waals surface area contributed by atoms with Crippen LogP contribution in [0, 0.1) is 17.7 Å². The summed E-state index contributed by atoms with van der Waals surface area (Å²) in [6.07, 6.45) is 8.38. The number of carboxylic acid groups (broad SMARTS) is 1. The lowest BCUT2D eigenvalue weighted by Crippen LogP contribution is -2.44. The Labute approximate surface area is 211 Å². The van der Waals surface area contributed by atoms with E-state index in [9.17, 15) is 19.4 Å². The quantitative estimate of drug-likeness (QED) is 0.455. The van der Waals surface area contributed by atoms with Gasteiger partial charge in [0.25, 0.3) is 0 Å². The van der Waals surface area contributed by atoms with E-state index < -0.39 is 23.8 Å². The molecule has 0 spiro atoms. The number of halogens is 1. The fraction of sp³-hybridized carbons (Fsp3) is 0.630. The molecule has 1 saturated heterocycles. The number of carboxylic acids is 1. The molecule has 1 saturated carbocycles. The van der Waals surface area contributed by atoms with E-state index in [1.54, 1.807) is 18.2 Å². The molecule has 2 heterocycles. The molecule has 1 aliphatic heterocycles. The Hall–Kier alpha value is -1.90. The van der Waals surface area contributed by atoms with Gasteiger partial charge in [-0.15, -0.1) is 0 Å². The van der Waals surface area contributed by atoms with Crippen LogP contribution < -0.4 is 4.74 Å². The second-order valence-corrected chi connectivity index (χ2v) is 11.3. The molecule has 3 unspecified atom stereocenters. The van der Waals surface area contributed by atoms with E-state index in [2.05, 4.69) is 9.88 Å². The molecule has 2 fully saturated rings. The Kier molecular flexibility index (Phi) is 9.25. The second kappa shape index (κ2) is 12.4. The zero-order valence-corrected chi connectivity index (χ0v) is 21.3. The average Bonchev–Trinajstić information content (AvgIpc) is 2.87. The van der Waals surface area contributed by atoms with Gasteiger partial charge in [-0.2, -0.15) is 11.8 Å². The van der Waals surface area contributed by atoms with E-state index in [0.29, 0.717) is 36.0 Å². The number of benzene rings is 1. The number of piperidine rings is 1. The first kappa shape index (κ1) is 26.2. The first-order valence-corrected chi connectivity index (χ1v) is 13.9. The van der Waals surface area contributed by atoms with Gasteiger partial charge in [0, 0.05) is 35.0 Å². The third-order valence-electron chi connectivity index (χ3n) is 7.68. The number of likely N-dealkylation sites (tertiary alicyclic amines) is 1. The summed E-state index contributed by atoms with van der Waals surface area (Å²) in [5.41, 5.74) is 0.794. The summed E-state index contributed by atoms with van der Waals surface area (Å²) in [6, 6.07) is 5.18. The predicted molar refractivity (Wildman–Crippen MR) is 137 cm³/mol.